The maximum Gasteiger partial charge on any atom is 0.325 e. The Morgan fingerprint density at radius 1 is 1.39 bits per heavy atom. The lowest BCUT2D eigenvalue weighted by atomic mass is 10.3. The highest BCUT2D eigenvalue weighted by Crippen LogP contribution is 2.27. The molecule has 0 aromatic heterocycles. The van der Waals surface area contributed by atoms with Gasteiger partial charge in [0.1, 0.15) is 5.75 Å². The van der Waals surface area contributed by atoms with E-state index in [1.807, 2.05) is 0 Å². The van der Waals surface area contributed by atoms with E-state index in [2.05, 4.69) is 10.6 Å². The Kier molecular flexibility index (Phi) is 5.74. The summed E-state index contributed by atoms with van der Waals surface area (Å²) in [4.78, 5) is 22.6. The van der Waals surface area contributed by atoms with E-state index >= 15 is 0 Å². The Balaban J connectivity index is 2.69. The quantitative estimate of drug-likeness (QED) is 0.838. The predicted octanol–water partition coefficient (Wildman–Crippen LogP) is 2.63. The third-order valence-electron chi connectivity index (χ3n) is 1.98. The standard InChI is InChI=1S/C11H12Cl2N2O3/c1-18-9-3-2-7(13)6-8(9)14-11(17)15-10(16)4-5-12/h2-3,6H,4-5H2,1H3,(H2,14,15,16,17). The fraction of sp³-hybridized carbons (Fsp3) is 0.273. The van der Waals surface area contributed by atoms with Gasteiger partial charge in [0, 0.05) is 17.3 Å². The van der Waals surface area contributed by atoms with Crippen molar-refractivity contribution in [3.63, 3.8) is 0 Å². The van der Waals surface area contributed by atoms with Crippen LogP contribution in [-0.2, 0) is 4.79 Å². The molecule has 3 amide bonds. The fourth-order valence-electron chi connectivity index (χ4n) is 1.21. The zero-order valence-electron chi connectivity index (χ0n) is 9.63. The smallest absolute Gasteiger partial charge is 0.325 e. The van der Waals surface area contributed by atoms with Gasteiger partial charge in [0.2, 0.25) is 5.91 Å². The fourth-order valence-corrected chi connectivity index (χ4v) is 1.55. The Hall–Kier alpha value is -1.46. The molecular weight excluding hydrogens is 279 g/mol. The summed E-state index contributed by atoms with van der Waals surface area (Å²) in [5, 5.41) is 5.04. The number of hydrogen-bond acceptors (Lipinski definition) is 3. The molecule has 0 atom stereocenters. The van der Waals surface area contributed by atoms with Gasteiger partial charge in [-0.05, 0) is 18.2 Å². The molecule has 98 valence electrons. The molecule has 0 saturated heterocycles. The van der Waals surface area contributed by atoms with Crippen LogP contribution in [-0.4, -0.2) is 24.9 Å². The van der Waals surface area contributed by atoms with Crippen LogP contribution in [0.3, 0.4) is 0 Å². The van der Waals surface area contributed by atoms with E-state index in [1.54, 1.807) is 12.1 Å². The van der Waals surface area contributed by atoms with Gasteiger partial charge in [0.25, 0.3) is 0 Å². The number of ether oxygens (including phenoxy) is 1. The maximum absolute atomic E-state index is 11.5. The summed E-state index contributed by atoms with van der Waals surface area (Å²) >= 11 is 11.2. The maximum atomic E-state index is 11.5. The molecule has 0 saturated carbocycles. The monoisotopic (exact) mass is 290 g/mol. The third-order valence-corrected chi connectivity index (χ3v) is 2.41. The van der Waals surface area contributed by atoms with Crippen molar-refractivity contribution < 1.29 is 14.3 Å². The van der Waals surface area contributed by atoms with Gasteiger partial charge in [0.15, 0.2) is 0 Å². The highest BCUT2D eigenvalue weighted by atomic mass is 35.5. The summed E-state index contributed by atoms with van der Waals surface area (Å²) in [6, 6.07) is 4.10. The number of methoxy groups -OCH3 is 1. The van der Waals surface area contributed by atoms with E-state index in [0.717, 1.165) is 0 Å². The lowest BCUT2D eigenvalue weighted by molar-refractivity contribution is -0.119. The molecule has 18 heavy (non-hydrogen) atoms. The number of alkyl halides is 1. The third kappa shape index (κ3) is 4.43. The highest BCUT2D eigenvalue weighted by Gasteiger charge is 2.10. The first-order chi connectivity index (χ1) is 8.56. The normalized spacial score (nSPS) is 9.72. The van der Waals surface area contributed by atoms with Crippen molar-refractivity contribution in [3.8, 4) is 5.75 Å². The number of imide groups is 1. The molecule has 0 spiro atoms. The Morgan fingerprint density at radius 2 is 2.11 bits per heavy atom. The van der Waals surface area contributed by atoms with Gasteiger partial charge in [-0.2, -0.15) is 0 Å². The number of nitrogens with one attached hydrogen (secondary N) is 2. The van der Waals surface area contributed by atoms with Crippen LogP contribution in [0.2, 0.25) is 5.02 Å². The topological polar surface area (TPSA) is 67.4 Å². The van der Waals surface area contributed by atoms with Crippen LogP contribution < -0.4 is 15.4 Å². The largest absolute Gasteiger partial charge is 0.495 e. The van der Waals surface area contributed by atoms with E-state index in [1.165, 1.54) is 13.2 Å². The number of hydrogen-bond donors (Lipinski definition) is 2. The molecule has 0 aliphatic heterocycles. The first-order valence-corrected chi connectivity index (χ1v) is 5.98. The molecule has 1 aromatic carbocycles. The van der Waals surface area contributed by atoms with Crippen LogP contribution in [0.4, 0.5) is 10.5 Å². The zero-order chi connectivity index (χ0) is 13.5. The second-order valence-corrected chi connectivity index (χ2v) is 4.10. The van der Waals surface area contributed by atoms with Gasteiger partial charge in [-0.3, -0.25) is 10.1 Å². The van der Waals surface area contributed by atoms with Crippen LogP contribution >= 0.6 is 23.2 Å². The van der Waals surface area contributed by atoms with Crippen molar-refractivity contribution in [1.82, 2.24) is 5.32 Å². The summed E-state index contributed by atoms with van der Waals surface area (Å²) < 4.78 is 5.05. The lowest BCUT2D eigenvalue weighted by Gasteiger charge is -2.10. The highest BCUT2D eigenvalue weighted by molar-refractivity contribution is 6.31. The van der Waals surface area contributed by atoms with Crippen LogP contribution in [0.15, 0.2) is 18.2 Å². The van der Waals surface area contributed by atoms with Crippen molar-refractivity contribution in [2.45, 2.75) is 6.42 Å². The SMILES string of the molecule is COc1ccc(Cl)cc1NC(=O)NC(=O)CCCl. The van der Waals surface area contributed by atoms with Gasteiger partial charge >= 0.3 is 6.03 Å². The van der Waals surface area contributed by atoms with Crippen LogP contribution in [0.5, 0.6) is 5.75 Å². The minimum absolute atomic E-state index is 0.0711. The molecular formula is C11H12Cl2N2O3. The second kappa shape index (κ2) is 7.08. The van der Waals surface area contributed by atoms with E-state index in [0.29, 0.717) is 16.5 Å². The molecule has 7 heteroatoms. The van der Waals surface area contributed by atoms with Gasteiger partial charge < -0.3 is 10.1 Å². The van der Waals surface area contributed by atoms with Gasteiger partial charge in [0.05, 0.1) is 12.8 Å². The molecule has 0 aliphatic carbocycles. The van der Waals surface area contributed by atoms with Crippen LogP contribution in [0.1, 0.15) is 6.42 Å². The van der Waals surface area contributed by atoms with Crippen molar-refractivity contribution in [3.05, 3.63) is 23.2 Å². The number of rotatable bonds is 4. The lowest BCUT2D eigenvalue weighted by Crippen LogP contribution is -2.34. The minimum atomic E-state index is -0.661. The van der Waals surface area contributed by atoms with Crippen molar-refractivity contribution in [2.24, 2.45) is 0 Å². The van der Waals surface area contributed by atoms with Crippen LogP contribution in [0, 0.1) is 0 Å². The number of carbonyl (C=O) groups is 2. The summed E-state index contributed by atoms with van der Waals surface area (Å²) in [5.41, 5.74) is 0.376. The van der Waals surface area contributed by atoms with Crippen molar-refractivity contribution in [1.29, 1.82) is 0 Å². The molecule has 0 unspecified atom stereocenters. The van der Waals surface area contributed by atoms with E-state index in [9.17, 15) is 9.59 Å². The Morgan fingerprint density at radius 3 is 2.72 bits per heavy atom. The number of carbonyl (C=O) groups excluding carboxylic acids is 2. The molecule has 0 bridgehead atoms. The van der Waals surface area contributed by atoms with E-state index < -0.39 is 11.9 Å². The second-order valence-electron chi connectivity index (χ2n) is 3.29. The molecule has 0 aliphatic rings. The summed E-state index contributed by atoms with van der Waals surface area (Å²) in [7, 11) is 1.46. The summed E-state index contributed by atoms with van der Waals surface area (Å²) in [6.07, 6.45) is 0.0711. The molecule has 2 N–H and O–H groups in total. The molecule has 0 radical (unpaired) electrons. The Bertz CT molecular complexity index is 452. The average molecular weight is 291 g/mol. The minimum Gasteiger partial charge on any atom is -0.495 e. The van der Waals surface area contributed by atoms with E-state index in [4.69, 9.17) is 27.9 Å². The van der Waals surface area contributed by atoms with Crippen molar-refractivity contribution in [2.75, 3.05) is 18.3 Å². The first kappa shape index (κ1) is 14.6. The number of urea groups is 1. The van der Waals surface area contributed by atoms with Gasteiger partial charge in [-0.1, -0.05) is 11.6 Å². The summed E-state index contributed by atoms with van der Waals surface area (Å²) in [5.74, 6) is 0.141. The first-order valence-electron chi connectivity index (χ1n) is 5.07. The zero-order valence-corrected chi connectivity index (χ0v) is 11.1. The number of amides is 3. The molecule has 0 fully saturated rings. The number of anilines is 1. The van der Waals surface area contributed by atoms with Gasteiger partial charge in [-0.15, -0.1) is 11.6 Å². The van der Waals surface area contributed by atoms with Gasteiger partial charge in [-0.25, -0.2) is 4.79 Å². The predicted molar refractivity (Wildman–Crippen MR) is 70.5 cm³/mol. The average Bonchev–Trinajstić information content (AvgIpc) is 2.29. The summed E-state index contributed by atoms with van der Waals surface area (Å²) in [6.45, 7) is 0. The molecule has 5 nitrogen and oxygen atoms in total. The number of benzene rings is 1. The molecule has 1 rings (SSSR count). The number of halogens is 2. The molecule has 0 heterocycles. The van der Waals surface area contributed by atoms with Crippen molar-refractivity contribution >= 4 is 40.8 Å². The van der Waals surface area contributed by atoms with Crippen LogP contribution in [0.25, 0.3) is 0 Å². The van der Waals surface area contributed by atoms with E-state index in [-0.39, 0.29) is 12.3 Å². The molecule has 1 aromatic rings. The Labute approximate surface area is 114 Å².